The zero-order valence-electron chi connectivity index (χ0n) is 20.8. The molecule has 0 atom stereocenters. The van der Waals surface area contributed by atoms with Gasteiger partial charge < -0.3 is 20.1 Å². The Morgan fingerprint density at radius 2 is 2.00 bits per heavy atom. The average molecular weight is 502 g/mol. The van der Waals surface area contributed by atoms with Crippen molar-refractivity contribution in [3.63, 3.8) is 0 Å². The number of nitrogens with zero attached hydrogens (tertiary/aromatic N) is 5. The largest absolute Gasteiger partial charge is 0.340 e. The second-order valence-corrected chi connectivity index (χ2v) is 11.3. The predicted octanol–water partition coefficient (Wildman–Crippen LogP) is 5.05. The monoisotopic (exact) mass is 501 g/mol. The number of anilines is 2. The van der Waals surface area contributed by atoms with Crippen molar-refractivity contribution >= 4 is 55.6 Å². The van der Waals surface area contributed by atoms with Crippen LogP contribution in [0, 0.1) is 5.41 Å². The summed E-state index contributed by atoms with van der Waals surface area (Å²) in [6, 6.07) is 8.24. The molecule has 9 heteroatoms. The van der Waals surface area contributed by atoms with Crippen LogP contribution in [0.1, 0.15) is 38.8 Å². The van der Waals surface area contributed by atoms with Gasteiger partial charge in [0.2, 0.25) is 5.91 Å². The van der Waals surface area contributed by atoms with E-state index >= 15 is 0 Å². The Bertz CT molecular complexity index is 1450. The van der Waals surface area contributed by atoms with Crippen LogP contribution in [-0.2, 0) is 4.79 Å². The molecule has 0 bridgehead atoms. The minimum atomic E-state index is -0.366. The minimum absolute atomic E-state index is 0.247. The van der Waals surface area contributed by atoms with Gasteiger partial charge in [0, 0.05) is 31.0 Å². The van der Waals surface area contributed by atoms with E-state index in [-0.39, 0.29) is 11.3 Å². The van der Waals surface area contributed by atoms with E-state index in [4.69, 9.17) is 0 Å². The summed E-state index contributed by atoms with van der Waals surface area (Å²) in [4.78, 5) is 34.5. The minimum Gasteiger partial charge on any atom is -0.340 e. The van der Waals surface area contributed by atoms with E-state index in [0.29, 0.717) is 6.54 Å². The Labute approximate surface area is 214 Å². The lowest BCUT2D eigenvalue weighted by atomic mass is 9.89. The van der Waals surface area contributed by atoms with Crippen molar-refractivity contribution in [2.75, 3.05) is 38.0 Å². The second kappa shape index (κ2) is 9.29. The third-order valence-corrected chi connectivity index (χ3v) is 8.05. The number of thiazole rings is 1. The highest BCUT2D eigenvalue weighted by atomic mass is 32.1. The van der Waals surface area contributed by atoms with Gasteiger partial charge in [0.25, 0.3) is 0 Å². The van der Waals surface area contributed by atoms with Crippen molar-refractivity contribution in [2.45, 2.75) is 33.1 Å². The molecular formula is C27H31N7OS. The molecular weight excluding hydrogens is 470 g/mol. The molecule has 6 rings (SSSR count). The molecule has 4 aromatic rings. The Kier molecular flexibility index (Phi) is 5.97. The molecule has 36 heavy (non-hydrogen) atoms. The van der Waals surface area contributed by atoms with Gasteiger partial charge >= 0.3 is 0 Å². The summed E-state index contributed by atoms with van der Waals surface area (Å²) in [5.74, 6) is 1.01. The Morgan fingerprint density at radius 1 is 1.14 bits per heavy atom. The van der Waals surface area contributed by atoms with E-state index in [1.807, 2.05) is 22.5 Å². The van der Waals surface area contributed by atoms with Gasteiger partial charge in [0.1, 0.15) is 17.8 Å². The SMILES string of the molecule is CC(C)(CN1CCCC1)C(=O)N1CC=C(c2cc3c(Nc4ccc5ncsc5c4)ncnc3[nH]2)CC1. The van der Waals surface area contributed by atoms with E-state index in [1.165, 1.54) is 18.4 Å². The molecule has 1 amide bonds. The van der Waals surface area contributed by atoms with Crippen molar-refractivity contribution in [2.24, 2.45) is 5.41 Å². The van der Waals surface area contributed by atoms with Crippen LogP contribution in [0.5, 0.6) is 0 Å². The maximum absolute atomic E-state index is 13.3. The zero-order chi connectivity index (χ0) is 24.7. The summed E-state index contributed by atoms with van der Waals surface area (Å²) >= 11 is 1.62. The Balaban J connectivity index is 1.18. The highest BCUT2D eigenvalue weighted by molar-refractivity contribution is 7.16. The van der Waals surface area contributed by atoms with E-state index in [0.717, 1.165) is 71.0 Å². The molecule has 1 saturated heterocycles. The van der Waals surface area contributed by atoms with Gasteiger partial charge in [-0.15, -0.1) is 11.3 Å². The number of H-pyrrole nitrogens is 1. The Morgan fingerprint density at radius 3 is 2.81 bits per heavy atom. The molecule has 0 unspecified atom stereocenters. The lowest BCUT2D eigenvalue weighted by Gasteiger charge is -2.36. The molecule has 0 saturated carbocycles. The van der Waals surface area contributed by atoms with Crippen LogP contribution in [0.2, 0.25) is 0 Å². The van der Waals surface area contributed by atoms with Crippen LogP contribution < -0.4 is 5.32 Å². The highest BCUT2D eigenvalue weighted by Gasteiger charge is 2.35. The number of hydrogen-bond acceptors (Lipinski definition) is 7. The molecule has 1 aromatic carbocycles. The van der Waals surface area contributed by atoms with Gasteiger partial charge in [-0.3, -0.25) is 4.79 Å². The maximum Gasteiger partial charge on any atom is 0.229 e. The smallest absolute Gasteiger partial charge is 0.229 e. The number of amides is 1. The van der Waals surface area contributed by atoms with Crippen molar-refractivity contribution in [3.05, 3.63) is 47.9 Å². The van der Waals surface area contributed by atoms with Crippen LogP contribution in [0.4, 0.5) is 11.5 Å². The van der Waals surface area contributed by atoms with E-state index in [1.54, 1.807) is 17.7 Å². The zero-order valence-corrected chi connectivity index (χ0v) is 21.6. The quantitative estimate of drug-likeness (QED) is 0.384. The number of carbonyl (C=O) groups is 1. The summed E-state index contributed by atoms with van der Waals surface area (Å²) < 4.78 is 1.13. The summed E-state index contributed by atoms with van der Waals surface area (Å²) in [5, 5.41) is 4.39. The van der Waals surface area contributed by atoms with Gasteiger partial charge in [-0.05, 0) is 76.0 Å². The summed E-state index contributed by atoms with van der Waals surface area (Å²) in [5.41, 5.74) is 6.51. The number of rotatable bonds is 6. The van der Waals surface area contributed by atoms with Crippen molar-refractivity contribution in [3.8, 4) is 0 Å². The normalized spacial score (nSPS) is 17.2. The number of nitrogens with one attached hydrogen (secondary N) is 2. The predicted molar refractivity (Wildman–Crippen MR) is 145 cm³/mol. The molecule has 186 valence electrons. The molecule has 8 nitrogen and oxygen atoms in total. The first kappa shape index (κ1) is 23.1. The van der Waals surface area contributed by atoms with E-state index in [9.17, 15) is 4.79 Å². The molecule has 0 radical (unpaired) electrons. The molecule has 5 heterocycles. The fourth-order valence-electron chi connectivity index (χ4n) is 5.38. The van der Waals surface area contributed by atoms with Crippen LogP contribution in [-0.4, -0.2) is 68.4 Å². The molecule has 0 aliphatic carbocycles. The molecule has 2 N–H and O–H groups in total. The van der Waals surface area contributed by atoms with E-state index < -0.39 is 0 Å². The number of benzene rings is 1. The number of aromatic nitrogens is 4. The van der Waals surface area contributed by atoms with Crippen LogP contribution in [0.3, 0.4) is 0 Å². The first-order chi connectivity index (χ1) is 17.5. The lowest BCUT2D eigenvalue weighted by Crippen LogP contribution is -2.47. The van der Waals surface area contributed by atoms with Gasteiger partial charge in [0.15, 0.2) is 0 Å². The summed E-state index contributed by atoms with van der Waals surface area (Å²) in [6.45, 7) is 8.61. The number of likely N-dealkylation sites (tertiary alicyclic amines) is 1. The molecule has 0 spiro atoms. The number of aromatic amines is 1. The average Bonchev–Trinajstić information content (AvgIpc) is 3.64. The molecule has 2 aliphatic rings. The Hall–Kier alpha value is -3.30. The maximum atomic E-state index is 13.3. The second-order valence-electron chi connectivity index (χ2n) is 10.4. The van der Waals surface area contributed by atoms with Crippen LogP contribution in [0.25, 0.3) is 26.8 Å². The third kappa shape index (κ3) is 4.49. The van der Waals surface area contributed by atoms with Crippen molar-refractivity contribution in [1.29, 1.82) is 0 Å². The fourth-order valence-corrected chi connectivity index (χ4v) is 6.09. The van der Waals surface area contributed by atoms with Crippen LogP contribution in [0.15, 0.2) is 42.2 Å². The van der Waals surface area contributed by atoms with Crippen molar-refractivity contribution < 1.29 is 4.79 Å². The summed E-state index contributed by atoms with van der Waals surface area (Å²) in [6.07, 6.45) is 7.06. The van der Waals surface area contributed by atoms with Crippen molar-refractivity contribution in [1.82, 2.24) is 29.7 Å². The van der Waals surface area contributed by atoms with E-state index in [2.05, 4.69) is 62.2 Å². The topological polar surface area (TPSA) is 90.0 Å². The summed E-state index contributed by atoms with van der Waals surface area (Å²) in [7, 11) is 0. The number of hydrogen-bond donors (Lipinski definition) is 2. The molecule has 1 fully saturated rings. The number of fused-ring (bicyclic) bond motifs is 2. The van der Waals surface area contributed by atoms with Gasteiger partial charge in [-0.2, -0.15) is 0 Å². The molecule has 2 aliphatic heterocycles. The van der Waals surface area contributed by atoms with Gasteiger partial charge in [-0.1, -0.05) is 6.08 Å². The number of carbonyl (C=O) groups excluding carboxylic acids is 1. The van der Waals surface area contributed by atoms with Crippen LogP contribution >= 0.6 is 11.3 Å². The highest BCUT2D eigenvalue weighted by Crippen LogP contribution is 2.31. The fraction of sp³-hybridized carbons (Fsp3) is 0.407. The first-order valence-electron chi connectivity index (χ1n) is 12.6. The lowest BCUT2D eigenvalue weighted by molar-refractivity contribution is -0.140. The standard InChI is InChI=1S/C27H31N7OS/c1-27(2,15-33-9-3-4-10-33)26(35)34-11-7-18(8-12-34)22-14-20-24(28-16-29-25(20)32-22)31-19-5-6-21-23(13-19)36-17-30-21/h5-7,13-14,16-17H,3-4,8-12,15H2,1-2H3,(H2,28,29,31,32). The third-order valence-electron chi connectivity index (χ3n) is 7.26. The molecule has 3 aromatic heterocycles. The van der Waals surface area contributed by atoms with Gasteiger partial charge in [-0.25, -0.2) is 15.0 Å². The first-order valence-corrected chi connectivity index (χ1v) is 13.5. The van der Waals surface area contributed by atoms with Gasteiger partial charge in [0.05, 0.1) is 26.5 Å².